The number of nitrogens with zero attached hydrogens (tertiary/aromatic N) is 3. The second kappa shape index (κ2) is 9.50. The Balaban J connectivity index is 1.61. The number of hydrogen-bond donors (Lipinski definition) is 1. The van der Waals surface area contributed by atoms with E-state index in [1.54, 1.807) is 25.7 Å². The van der Waals surface area contributed by atoms with Gasteiger partial charge in [0.05, 0.1) is 30.2 Å². The second-order valence-corrected chi connectivity index (χ2v) is 9.72. The number of aromatic nitrogens is 2. The molecular weight excluding hydrogens is 452 g/mol. The van der Waals surface area contributed by atoms with Crippen molar-refractivity contribution >= 4 is 23.6 Å². The van der Waals surface area contributed by atoms with Gasteiger partial charge < -0.3 is 15.0 Å². The van der Waals surface area contributed by atoms with Crippen LogP contribution in [-0.2, 0) is 29.0 Å². The third-order valence-corrected chi connectivity index (χ3v) is 5.86. The average Bonchev–Trinajstić information content (AvgIpc) is 3.35. The van der Waals surface area contributed by atoms with Crippen molar-refractivity contribution in [1.29, 1.82) is 0 Å². The molecule has 0 unspecified atom stereocenters. The lowest BCUT2D eigenvalue weighted by molar-refractivity contribution is -0.130. The summed E-state index contributed by atoms with van der Waals surface area (Å²) in [5.41, 5.74) is 5.36. The van der Waals surface area contributed by atoms with E-state index in [4.69, 9.17) is 21.4 Å². The fourth-order valence-corrected chi connectivity index (χ4v) is 4.19. The van der Waals surface area contributed by atoms with Crippen LogP contribution in [0.3, 0.4) is 0 Å². The highest BCUT2D eigenvalue weighted by Gasteiger charge is 2.32. The zero-order chi connectivity index (χ0) is 24.5. The number of alkyl carbamates (subject to hydrolysis) is 1. The van der Waals surface area contributed by atoms with Crippen LogP contribution in [0.2, 0.25) is 5.02 Å². The van der Waals surface area contributed by atoms with Gasteiger partial charge in [0.25, 0.3) is 0 Å². The molecule has 1 aromatic heterocycles. The van der Waals surface area contributed by atoms with Gasteiger partial charge in [0.1, 0.15) is 12.1 Å². The van der Waals surface area contributed by atoms with Gasteiger partial charge in [-0.3, -0.25) is 4.79 Å². The van der Waals surface area contributed by atoms with E-state index in [9.17, 15) is 9.59 Å². The number of benzene rings is 2. The molecule has 0 radical (unpaired) electrons. The number of halogens is 1. The maximum absolute atomic E-state index is 12.8. The summed E-state index contributed by atoms with van der Waals surface area (Å²) in [6.45, 7) is 8.12. The summed E-state index contributed by atoms with van der Waals surface area (Å²) in [5.74, 6) is -0.188. The Kier molecular flexibility index (Phi) is 6.66. The minimum atomic E-state index is -0.622. The summed E-state index contributed by atoms with van der Waals surface area (Å²) in [7, 11) is 0. The van der Waals surface area contributed by atoms with Gasteiger partial charge in [-0.2, -0.15) is 5.10 Å². The van der Waals surface area contributed by atoms with Gasteiger partial charge in [-0.15, -0.1) is 0 Å². The van der Waals surface area contributed by atoms with Gasteiger partial charge in [0.2, 0.25) is 5.91 Å². The number of rotatable bonds is 5. The van der Waals surface area contributed by atoms with Crippen LogP contribution < -0.4 is 5.32 Å². The lowest BCUT2D eigenvalue weighted by Crippen LogP contribution is -2.40. The molecule has 178 valence electrons. The van der Waals surface area contributed by atoms with Crippen LogP contribution >= 0.6 is 11.6 Å². The van der Waals surface area contributed by atoms with Gasteiger partial charge in [-0.05, 0) is 51.0 Å². The summed E-state index contributed by atoms with van der Waals surface area (Å²) in [4.78, 5) is 26.5. The van der Waals surface area contributed by atoms with E-state index < -0.39 is 11.7 Å². The van der Waals surface area contributed by atoms with E-state index in [1.807, 2.05) is 41.1 Å². The van der Waals surface area contributed by atoms with Gasteiger partial charge in [-0.25, -0.2) is 9.48 Å². The number of ether oxygens (including phenoxy) is 1. The molecule has 0 atom stereocenters. The Hall–Kier alpha value is -3.32. The number of amides is 2. The maximum Gasteiger partial charge on any atom is 0.408 e. The van der Waals surface area contributed by atoms with Crippen LogP contribution in [0.15, 0.2) is 48.5 Å². The fraction of sp³-hybridized carbons (Fsp3) is 0.346. The van der Waals surface area contributed by atoms with Crippen molar-refractivity contribution in [2.75, 3.05) is 6.54 Å². The molecule has 2 aromatic carbocycles. The van der Waals surface area contributed by atoms with Crippen molar-refractivity contribution in [3.05, 3.63) is 70.4 Å². The molecule has 0 fully saturated rings. The van der Waals surface area contributed by atoms with Crippen molar-refractivity contribution in [2.24, 2.45) is 0 Å². The predicted molar refractivity (Wildman–Crippen MR) is 132 cm³/mol. The molecule has 7 nitrogen and oxygen atoms in total. The summed E-state index contributed by atoms with van der Waals surface area (Å²) < 4.78 is 7.20. The molecule has 34 heavy (non-hydrogen) atoms. The number of aryl methyl sites for hydroxylation is 1. The van der Waals surface area contributed by atoms with Crippen LogP contribution in [0.5, 0.6) is 0 Å². The summed E-state index contributed by atoms with van der Waals surface area (Å²) in [5, 5.41) is 8.13. The maximum atomic E-state index is 12.8. The molecule has 0 bridgehead atoms. The van der Waals surface area contributed by atoms with Crippen molar-refractivity contribution in [1.82, 2.24) is 20.0 Å². The summed E-state index contributed by atoms with van der Waals surface area (Å²) in [6, 6.07) is 15.9. The highest BCUT2D eigenvalue weighted by atomic mass is 35.5. The SMILES string of the molecule is CCc1ccccc1-n1nc2c(c1-c1ccc(Cl)cc1)CN(C(=O)CNC(=O)OC(C)(C)C)C2. The van der Waals surface area contributed by atoms with Crippen LogP contribution in [-0.4, -0.2) is 38.8 Å². The molecule has 0 spiro atoms. The first kappa shape index (κ1) is 23.8. The molecule has 0 saturated carbocycles. The van der Waals surface area contributed by atoms with E-state index in [1.165, 1.54) is 5.56 Å². The predicted octanol–water partition coefficient (Wildman–Crippen LogP) is 5.12. The third-order valence-electron chi connectivity index (χ3n) is 5.61. The Morgan fingerprint density at radius 1 is 1.09 bits per heavy atom. The standard InChI is InChI=1S/C26H29ClN4O3/c1-5-17-8-6-7-9-22(17)31-24(18-10-12-19(27)13-11-18)20-15-30(16-21(20)29-31)23(32)14-28-25(33)34-26(2,3)4/h6-13H,5,14-16H2,1-4H3,(H,28,33). The largest absolute Gasteiger partial charge is 0.444 e. The first-order chi connectivity index (χ1) is 16.2. The first-order valence-corrected chi connectivity index (χ1v) is 11.7. The smallest absolute Gasteiger partial charge is 0.408 e. The molecule has 0 aliphatic carbocycles. The van der Waals surface area contributed by atoms with Gasteiger partial charge in [-0.1, -0.05) is 48.9 Å². The Morgan fingerprint density at radius 2 is 1.79 bits per heavy atom. The zero-order valence-electron chi connectivity index (χ0n) is 19.9. The second-order valence-electron chi connectivity index (χ2n) is 9.28. The van der Waals surface area contributed by atoms with Crippen LogP contribution in [0.25, 0.3) is 16.9 Å². The zero-order valence-corrected chi connectivity index (χ0v) is 20.6. The monoisotopic (exact) mass is 480 g/mol. The molecule has 4 rings (SSSR count). The van der Waals surface area contributed by atoms with Crippen molar-refractivity contribution < 1.29 is 14.3 Å². The third kappa shape index (κ3) is 5.09. The van der Waals surface area contributed by atoms with Crippen LogP contribution in [0, 0.1) is 0 Å². The minimum Gasteiger partial charge on any atom is -0.444 e. The highest BCUT2D eigenvalue weighted by molar-refractivity contribution is 6.30. The highest BCUT2D eigenvalue weighted by Crippen LogP contribution is 2.36. The molecule has 1 aliphatic rings. The number of carbonyl (C=O) groups is 2. The lowest BCUT2D eigenvalue weighted by Gasteiger charge is -2.21. The van der Waals surface area contributed by atoms with Gasteiger partial charge in [0.15, 0.2) is 0 Å². The van der Waals surface area contributed by atoms with E-state index in [0.717, 1.165) is 34.6 Å². The Labute approximate surface area is 204 Å². The average molecular weight is 481 g/mol. The lowest BCUT2D eigenvalue weighted by atomic mass is 10.1. The number of nitrogens with one attached hydrogen (secondary N) is 1. The molecule has 1 N–H and O–H groups in total. The summed E-state index contributed by atoms with van der Waals surface area (Å²) in [6.07, 6.45) is 0.267. The topological polar surface area (TPSA) is 76.5 Å². The van der Waals surface area contributed by atoms with Crippen molar-refractivity contribution in [3.63, 3.8) is 0 Å². The van der Waals surface area contributed by atoms with Crippen LogP contribution in [0.4, 0.5) is 4.79 Å². The van der Waals surface area contributed by atoms with Gasteiger partial charge >= 0.3 is 6.09 Å². The van der Waals surface area contributed by atoms with E-state index in [-0.39, 0.29) is 12.5 Å². The normalized spacial score (nSPS) is 13.0. The van der Waals surface area contributed by atoms with Gasteiger partial charge in [0, 0.05) is 16.1 Å². The molecule has 2 heterocycles. The molecule has 2 amide bonds. The Morgan fingerprint density at radius 3 is 2.47 bits per heavy atom. The summed E-state index contributed by atoms with van der Waals surface area (Å²) >= 11 is 6.14. The van der Waals surface area contributed by atoms with E-state index in [2.05, 4.69) is 24.4 Å². The number of carbonyl (C=O) groups excluding carboxylic acids is 2. The van der Waals surface area contributed by atoms with E-state index in [0.29, 0.717) is 18.1 Å². The molecule has 8 heteroatoms. The Bertz CT molecular complexity index is 1210. The van der Waals surface area contributed by atoms with Crippen molar-refractivity contribution in [2.45, 2.75) is 52.8 Å². The first-order valence-electron chi connectivity index (χ1n) is 11.4. The number of fused-ring (bicyclic) bond motifs is 1. The number of hydrogen-bond acceptors (Lipinski definition) is 4. The van der Waals surface area contributed by atoms with Crippen molar-refractivity contribution in [3.8, 4) is 16.9 Å². The molecule has 0 saturated heterocycles. The van der Waals surface area contributed by atoms with E-state index >= 15 is 0 Å². The molecule has 1 aliphatic heterocycles. The molecule has 3 aromatic rings. The quantitative estimate of drug-likeness (QED) is 0.549. The molecular formula is C26H29ClN4O3. The number of para-hydroxylation sites is 1. The van der Waals surface area contributed by atoms with Crippen LogP contribution in [0.1, 0.15) is 44.5 Å². The minimum absolute atomic E-state index is 0.131. The fourth-order valence-electron chi connectivity index (χ4n) is 4.06.